The summed E-state index contributed by atoms with van der Waals surface area (Å²) in [5.74, 6) is -7.96. The molecule has 4 rings (SSSR count). The normalized spacial score (nSPS) is 39.1. The third-order valence-corrected chi connectivity index (χ3v) is 14.5. The van der Waals surface area contributed by atoms with Gasteiger partial charge in [0.05, 0.1) is 24.4 Å². The summed E-state index contributed by atoms with van der Waals surface area (Å²) in [6.45, 7) is 12.7. The highest BCUT2D eigenvalue weighted by Gasteiger charge is 2.53. The first kappa shape index (κ1) is 54.2. The summed E-state index contributed by atoms with van der Waals surface area (Å²) in [5.41, 5.74) is 1.27. The number of methoxy groups -OCH3 is 3. The Bertz CT molecular complexity index is 1760. The van der Waals surface area contributed by atoms with E-state index in [-0.39, 0.29) is 54.8 Å². The van der Waals surface area contributed by atoms with Crippen molar-refractivity contribution in [3.05, 3.63) is 47.6 Å². The van der Waals surface area contributed by atoms with Gasteiger partial charge in [0.1, 0.15) is 30.1 Å². The molecular formula is C51H79NO13. The molecule has 2 bridgehead atoms. The average Bonchev–Trinajstić information content (AvgIpc) is 3.28. The number of esters is 1. The Morgan fingerprint density at radius 3 is 2.25 bits per heavy atom. The van der Waals surface area contributed by atoms with Crippen LogP contribution in [0.1, 0.15) is 126 Å². The summed E-state index contributed by atoms with van der Waals surface area (Å²) in [6.07, 6.45) is 11.2. The Labute approximate surface area is 387 Å². The van der Waals surface area contributed by atoms with Gasteiger partial charge in [-0.25, -0.2) is 4.79 Å². The van der Waals surface area contributed by atoms with Crippen molar-refractivity contribution in [2.75, 3.05) is 27.9 Å². The van der Waals surface area contributed by atoms with Crippen LogP contribution in [0.3, 0.4) is 0 Å². The van der Waals surface area contributed by atoms with E-state index in [2.05, 4.69) is 0 Å². The van der Waals surface area contributed by atoms with Crippen LogP contribution in [0.2, 0.25) is 0 Å². The minimum atomic E-state index is -2.43. The van der Waals surface area contributed by atoms with Gasteiger partial charge in [-0.15, -0.1) is 0 Å². The third-order valence-electron chi connectivity index (χ3n) is 14.5. The van der Waals surface area contributed by atoms with Crippen molar-refractivity contribution in [1.82, 2.24) is 4.90 Å². The molecule has 3 fully saturated rings. The number of Topliss-reactive ketones (excluding diaryl/α,β-unsaturated/α-hetero) is 3. The number of aliphatic hydroxyl groups excluding tert-OH is 2. The zero-order chi connectivity index (χ0) is 48.2. The molecule has 15 atom stereocenters. The molecule has 0 aromatic heterocycles. The van der Waals surface area contributed by atoms with Crippen molar-refractivity contribution < 1.29 is 63.0 Å². The molecule has 3 N–H and O–H groups in total. The Hall–Kier alpha value is -3.37. The van der Waals surface area contributed by atoms with Gasteiger partial charge in [-0.2, -0.15) is 0 Å². The molecule has 2 saturated heterocycles. The van der Waals surface area contributed by atoms with Crippen LogP contribution in [-0.2, 0) is 47.7 Å². The molecule has 1 saturated carbocycles. The number of amides is 1. The van der Waals surface area contributed by atoms with E-state index in [1.807, 2.05) is 58.1 Å². The number of cyclic esters (lactones) is 1. The highest BCUT2D eigenvalue weighted by Crippen LogP contribution is 2.38. The van der Waals surface area contributed by atoms with Crippen LogP contribution in [0.15, 0.2) is 47.6 Å². The van der Waals surface area contributed by atoms with Gasteiger partial charge in [0.2, 0.25) is 5.79 Å². The number of carbonyl (C=O) groups excluding carboxylic acids is 5. The van der Waals surface area contributed by atoms with E-state index in [1.54, 1.807) is 41.1 Å². The largest absolute Gasteiger partial charge is 0.460 e. The monoisotopic (exact) mass is 914 g/mol. The number of aliphatic hydroxyl groups is 3. The van der Waals surface area contributed by atoms with E-state index >= 15 is 0 Å². The Morgan fingerprint density at radius 2 is 1.57 bits per heavy atom. The van der Waals surface area contributed by atoms with Gasteiger partial charge >= 0.3 is 5.97 Å². The first-order chi connectivity index (χ1) is 30.7. The fourth-order valence-corrected chi connectivity index (χ4v) is 10.1. The van der Waals surface area contributed by atoms with Crippen LogP contribution >= 0.6 is 0 Å². The van der Waals surface area contributed by atoms with Gasteiger partial charge in [-0.3, -0.25) is 19.2 Å². The lowest BCUT2D eigenvalue weighted by atomic mass is 9.78. The molecule has 14 nitrogen and oxygen atoms in total. The van der Waals surface area contributed by atoms with E-state index in [1.165, 1.54) is 12.0 Å². The molecule has 1 aliphatic carbocycles. The van der Waals surface area contributed by atoms with Crippen LogP contribution in [-0.4, -0.2) is 132 Å². The molecule has 1 amide bonds. The fourth-order valence-electron chi connectivity index (χ4n) is 10.1. The van der Waals surface area contributed by atoms with Gasteiger partial charge in [-0.05, 0) is 107 Å². The molecule has 0 unspecified atom stereocenters. The molecule has 0 spiro atoms. The molecule has 0 radical (unpaired) electrons. The van der Waals surface area contributed by atoms with Crippen LogP contribution < -0.4 is 0 Å². The third kappa shape index (κ3) is 14.3. The summed E-state index contributed by atoms with van der Waals surface area (Å²) in [4.78, 5) is 71.8. The molecule has 3 aliphatic heterocycles. The van der Waals surface area contributed by atoms with Crippen molar-refractivity contribution in [3.8, 4) is 0 Å². The summed E-state index contributed by atoms with van der Waals surface area (Å²) in [5, 5.41) is 33.8. The van der Waals surface area contributed by atoms with Crippen LogP contribution in [0.5, 0.6) is 0 Å². The molecule has 14 heteroatoms. The number of hydrogen-bond donors (Lipinski definition) is 3. The number of hydrogen-bond acceptors (Lipinski definition) is 13. The molecule has 366 valence electrons. The fraction of sp³-hybridized carbons (Fsp3) is 0.745. The second-order valence-electron chi connectivity index (χ2n) is 19.6. The smallest absolute Gasteiger partial charge is 0.329 e. The van der Waals surface area contributed by atoms with Crippen molar-refractivity contribution in [1.29, 1.82) is 0 Å². The lowest BCUT2D eigenvalue weighted by molar-refractivity contribution is -0.265. The molecule has 3 heterocycles. The SMILES string of the molecule is CO[C@H]1C[C@@H]2CC[C@@H](C)[C@@](O)(O2)C(=O)C(=O)N2CCCC[C@H]2C(=O)O[C@H]([C@H](C)C[C@H]2CC[C@@H](O)[C@H](OC)C2)CC(=O)[C@H](C)/C=C(/C)[C@@H](O)[C@@H](OC)C(=O)[C@H](C)C[C@H](C)/C=C/C=CC=C1C. The minimum Gasteiger partial charge on any atom is -0.460 e. The lowest BCUT2D eigenvalue weighted by Gasteiger charge is -2.42. The maximum absolute atomic E-state index is 14.4. The van der Waals surface area contributed by atoms with Gasteiger partial charge < -0.3 is 43.9 Å². The van der Waals surface area contributed by atoms with Gasteiger partial charge in [0.15, 0.2) is 5.78 Å². The van der Waals surface area contributed by atoms with Crippen molar-refractivity contribution in [2.45, 2.75) is 180 Å². The number of ketones is 3. The molecule has 0 aromatic rings. The van der Waals surface area contributed by atoms with E-state index in [0.29, 0.717) is 63.4 Å². The van der Waals surface area contributed by atoms with Gasteiger partial charge in [0, 0.05) is 58.5 Å². The summed E-state index contributed by atoms with van der Waals surface area (Å²) < 4.78 is 29.4. The highest BCUT2D eigenvalue weighted by atomic mass is 16.6. The van der Waals surface area contributed by atoms with E-state index in [4.69, 9.17) is 23.7 Å². The van der Waals surface area contributed by atoms with E-state index in [9.17, 15) is 39.3 Å². The predicted molar refractivity (Wildman–Crippen MR) is 245 cm³/mol. The number of carbonyl (C=O) groups is 5. The van der Waals surface area contributed by atoms with Crippen molar-refractivity contribution in [2.24, 2.45) is 35.5 Å². The first-order valence-electron chi connectivity index (χ1n) is 23.9. The van der Waals surface area contributed by atoms with E-state index < -0.39 is 83.9 Å². The maximum atomic E-state index is 14.4. The van der Waals surface area contributed by atoms with Crippen molar-refractivity contribution in [3.63, 3.8) is 0 Å². The van der Waals surface area contributed by atoms with Crippen LogP contribution in [0.25, 0.3) is 0 Å². The number of fused-ring (bicyclic) bond motifs is 3. The number of nitrogens with zero attached hydrogens (tertiary/aromatic N) is 1. The zero-order valence-corrected chi connectivity index (χ0v) is 40.6. The van der Waals surface area contributed by atoms with Crippen LogP contribution in [0, 0.1) is 35.5 Å². The molecule has 0 aromatic carbocycles. The second kappa shape index (κ2) is 25.1. The Balaban J connectivity index is 1.70. The summed E-state index contributed by atoms with van der Waals surface area (Å²) in [6, 6.07) is -1.14. The molecule has 65 heavy (non-hydrogen) atoms. The number of allylic oxidation sites excluding steroid dienone is 6. The van der Waals surface area contributed by atoms with Gasteiger partial charge in [0.25, 0.3) is 11.7 Å². The van der Waals surface area contributed by atoms with Gasteiger partial charge in [-0.1, -0.05) is 71.1 Å². The minimum absolute atomic E-state index is 0.0193. The molecule has 4 aliphatic rings. The number of ether oxygens (including phenoxy) is 5. The number of rotatable bonds is 6. The first-order valence-corrected chi connectivity index (χ1v) is 23.9. The van der Waals surface area contributed by atoms with Crippen LogP contribution in [0.4, 0.5) is 0 Å². The zero-order valence-electron chi connectivity index (χ0n) is 40.6. The van der Waals surface area contributed by atoms with E-state index in [0.717, 1.165) is 12.0 Å². The Kier molecular flexibility index (Phi) is 21.0. The highest BCUT2D eigenvalue weighted by molar-refractivity contribution is 6.39. The predicted octanol–water partition coefficient (Wildman–Crippen LogP) is 6.18. The maximum Gasteiger partial charge on any atom is 0.329 e. The number of piperidine rings is 1. The van der Waals surface area contributed by atoms with Crippen molar-refractivity contribution >= 4 is 29.2 Å². The summed E-state index contributed by atoms with van der Waals surface area (Å²) >= 11 is 0. The summed E-state index contributed by atoms with van der Waals surface area (Å²) in [7, 11) is 4.52. The second-order valence-corrected chi connectivity index (χ2v) is 19.6. The lowest BCUT2D eigenvalue weighted by Crippen LogP contribution is -2.61. The standard InChI is InChI=1S/C51H79NO13/c1-30-16-12-11-13-17-31(2)42(61-8)28-38-21-19-36(7)51(60,65-38)48(57)49(58)52-23-15-14-18-39(52)50(59)64-43(33(4)26-37-20-22-40(53)44(27-37)62-9)29-41(54)32(3)25-35(6)46(56)47(63-10)45(55)34(5)24-30/h11-13,16-17,25,30,32-34,36-40,42-44,46-47,53,56,60H,14-15,18-24,26-29H2,1-10H3/b13-11?,16-12+,31-17?,35-25-/t30-,32-,33-,34-,36-,37-,38+,39+,40-,42+,43+,44-,46-,47+,51-/m1/s1. The average molecular weight is 914 g/mol. The Morgan fingerprint density at radius 1 is 0.846 bits per heavy atom. The topological polar surface area (TPSA) is 195 Å². The quantitative estimate of drug-likeness (QED) is 0.156. The molecular weight excluding hydrogens is 835 g/mol.